The van der Waals surface area contributed by atoms with Crippen LogP contribution in [0.2, 0.25) is 0 Å². The van der Waals surface area contributed by atoms with Crippen molar-refractivity contribution in [3.05, 3.63) is 42.5 Å². The van der Waals surface area contributed by atoms with Crippen LogP contribution in [0.5, 0.6) is 5.75 Å². The van der Waals surface area contributed by atoms with Crippen LogP contribution < -0.4 is 19.9 Å². The van der Waals surface area contributed by atoms with Crippen molar-refractivity contribution in [2.24, 2.45) is 0 Å². The SMILES string of the molecule is CC(=O)NC[C@H]1CN(c2ccc(OC3CCN(c4ncccn4)CC3)c(F)c2)C(=O)O1. The number of aromatic nitrogens is 2. The molecule has 10 heteroatoms. The van der Waals surface area contributed by atoms with Crippen LogP contribution in [-0.2, 0) is 9.53 Å². The Labute approximate surface area is 179 Å². The molecule has 1 N–H and O–H groups in total. The van der Waals surface area contributed by atoms with Crippen molar-refractivity contribution in [1.29, 1.82) is 0 Å². The van der Waals surface area contributed by atoms with Crippen molar-refractivity contribution in [2.75, 3.05) is 36.0 Å². The summed E-state index contributed by atoms with van der Waals surface area (Å²) in [6.07, 6.45) is 3.71. The van der Waals surface area contributed by atoms with Crippen molar-refractivity contribution in [1.82, 2.24) is 15.3 Å². The summed E-state index contributed by atoms with van der Waals surface area (Å²) < 4.78 is 25.8. The van der Waals surface area contributed by atoms with E-state index in [1.54, 1.807) is 24.5 Å². The first kappa shape index (κ1) is 20.8. The van der Waals surface area contributed by atoms with Gasteiger partial charge in [0, 0.05) is 51.3 Å². The molecule has 2 aliphatic rings. The van der Waals surface area contributed by atoms with Crippen LogP contribution in [0.3, 0.4) is 0 Å². The van der Waals surface area contributed by atoms with Crippen molar-refractivity contribution in [3.8, 4) is 5.75 Å². The fourth-order valence-electron chi connectivity index (χ4n) is 3.66. The molecule has 9 nitrogen and oxygen atoms in total. The van der Waals surface area contributed by atoms with Gasteiger partial charge in [-0.25, -0.2) is 19.2 Å². The first-order valence-corrected chi connectivity index (χ1v) is 10.2. The number of halogens is 1. The second-order valence-corrected chi connectivity index (χ2v) is 7.52. The molecule has 0 spiro atoms. The summed E-state index contributed by atoms with van der Waals surface area (Å²) in [4.78, 5) is 35.1. The van der Waals surface area contributed by atoms with Gasteiger partial charge in [-0.3, -0.25) is 9.69 Å². The minimum Gasteiger partial charge on any atom is -0.487 e. The van der Waals surface area contributed by atoms with E-state index in [1.807, 2.05) is 0 Å². The maximum absolute atomic E-state index is 14.7. The molecule has 0 saturated carbocycles. The Morgan fingerprint density at radius 3 is 2.71 bits per heavy atom. The fourth-order valence-corrected chi connectivity index (χ4v) is 3.66. The predicted molar refractivity (Wildman–Crippen MR) is 111 cm³/mol. The molecule has 4 rings (SSSR count). The minimum absolute atomic E-state index is 0.112. The number of anilines is 2. The zero-order valence-electron chi connectivity index (χ0n) is 17.2. The zero-order chi connectivity index (χ0) is 21.8. The average molecular weight is 429 g/mol. The summed E-state index contributed by atoms with van der Waals surface area (Å²) >= 11 is 0. The third kappa shape index (κ3) is 5.01. The highest BCUT2D eigenvalue weighted by atomic mass is 19.1. The lowest BCUT2D eigenvalue weighted by atomic mass is 10.1. The molecule has 1 aromatic carbocycles. The molecule has 2 fully saturated rings. The van der Waals surface area contributed by atoms with Crippen LogP contribution in [0.4, 0.5) is 20.8 Å². The highest BCUT2D eigenvalue weighted by Crippen LogP contribution is 2.29. The number of benzene rings is 1. The number of piperidine rings is 1. The summed E-state index contributed by atoms with van der Waals surface area (Å²) in [7, 11) is 0. The molecule has 0 unspecified atom stereocenters. The number of hydrogen-bond donors (Lipinski definition) is 1. The Hall–Kier alpha value is -3.43. The van der Waals surface area contributed by atoms with E-state index < -0.39 is 18.0 Å². The van der Waals surface area contributed by atoms with Gasteiger partial charge in [0.25, 0.3) is 0 Å². The number of carbonyl (C=O) groups is 2. The maximum atomic E-state index is 14.7. The Balaban J connectivity index is 1.33. The van der Waals surface area contributed by atoms with Gasteiger partial charge in [-0.2, -0.15) is 0 Å². The van der Waals surface area contributed by atoms with E-state index in [2.05, 4.69) is 20.2 Å². The van der Waals surface area contributed by atoms with Gasteiger partial charge in [0.2, 0.25) is 11.9 Å². The lowest BCUT2D eigenvalue weighted by Crippen LogP contribution is -2.39. The number of amides is 2. The Bertz CT molecular complexity index is 937. The molecule has 1 atom stereocenters. The third-order valence-electron chi connectivity index (χ3n) is 5.25. The van der Waals surface area contributed by atoms with E-state index in [0.29, 0.717) is 11.6 Å². The van der Waals surface area contributed by atoms with Crippen LogP contribution in [0, 0.1) is 5.82 Å². The molecule has 31 heavy (non-hydrogen) atoms. The molecule has 1 aromatic heterocycles. The standard InChI is InChI=1S/C21H24FN5O4/c1-14(28)25-12-17-13-27(21(29)31-17)15-3-4-19(18(22)11-15)30-16-5-9-26(10-6-16)20-23-7-2-8-24-20/h2-4,7-8,11,16-17H,5-6,9-10,12-13H2,1H3,(H,25,28)/t17-/m0/s1. The summed E-state index contributed by atoms with van der Waals surface area (Å²) in [5.41, 5.74) is 0.385. The molecule has 0 aliphatic carbocycles. The average Bonchev–Trinajstić information content (AvgIpc) is 3.15. The largest absolute Gasteiger partial charge is 0.487 e. The summed E-state index contributed by atoms with van der Waals surface area (Å²) in [5.74, 6) is 0.0971. The second kappa shape index (κ2) is 9.15. The van der Waals surface area contributed by atoms with Crippen LogP contribution in [0.15, 0.2) is 36.7 Å². The molecule has 3 heterocycles. The number of rotatable bonds is 6. The third-order valence-corrected chi connectivity index (χ3v) is 5.25. The van der Waals surface area contributed by atoms with E-state index in [9.17, 15) is 14.0 Å². The molecule has 164 valence electrons. The van der Waals surface area contributed by atoms with Gasteiger partial charge in [0.15, 0.2) is 11.6 Å². The van der Waals surface area contributed by atoms with Crippen molar-refractivity contribution >= 4 is 23.6 Å². The van der Waals surface area contributed by atoms with Crippen LogP contribution in [0.1, 0.15) is 19.8 Å². The van der Waals surface area contributed by atoms with Gasteiger partial charge in [-0.1, -0.05) is 0 Å². The quantitative estimate of drug-likeness (QED) is 0.751. The van der Waals surface area contributed by atoms with Gasteiger partial charge in [0.1, 0.15) is 12.2 Å². The lowest BCUT2D eigenvalue weighted by Gasteiger charge is -2.32. The number of nitrogens with one attached hydrogen (secondary N) is 1. The van der Waals surface area contributed by atoms with Gasteiger partial charge in [-0.05, 0) is 18.2 Å². The maximum Gasteiger partial charge on any atom is 0.414 e. The number of cyclic esters (lactones) is 1. The Morgan fingerprint density at radius 1 is 1.29 bits per heavy atom. The molecule has 0 radical (unpaired) electrons. The topological polar surface area (TPSA) is 96.9 Å². The van der Waals surface area contributed by atoms with Crippen LogP contribution in [0.25, 0.3) is 0 Å². The number of ether oxygens (including phenoxy) is 2. The van der Waals surface area contributed by atoms with E-state index in [0.717, 1.165) is 25.9 Å². The number of nitrogens with zero attached hydrogens (tertiary/aromatic N) is 4. The highest BCUT2D eigenvalue weighted by Gasteiger charge is 2.33. The van der Waals surface area contributed by atoms with Crippen LogP contribution in [-0.4, -0.2) is 60.4 Å². The summed E-state index contributed by atoms with van der Waals surface area (Å²) in [6, 6.07) is 6.21. The van der Waals surface area contributed by atoms with Crippen LogP contribution >= 0.6 is 0 Å². The van der Waals surface area contributed by atoms with Crippen molar-refractivity contribution < 1.29 is 23.5 Å². The summed E-state index contributed by atoms with van der Waals surface area (Å²) in [5, 5.41) is 2.61. The molecule has 2 aromatic rings. The van der Waals surface area contributed by atoms with Gasteiger partial charge >= 0.3 is 6.09 Å². The Morgan fingerprint density at radius 2 is 2.03 bits per heavy atom. The van der Waals surface area contributed by atoms with E-state index >= 15 is 0 Å². The summed E-state index contributed by atoms with van der Waals surface area (Å²) in [6.45, 7) is 3.29. The number of carbonyl (C=O) groups excluding carboxylic acids is 2. The zero-order valence-corrected chi connectivity index (χ0v) is 17.2. The van der Waals surface area contributed by atoms with E-state index in [-0.39, 0.29) is 30.9 Å². The predicted octanol–water partition coefficient (Wildman–Crippen LogP) is 2.12. The molecular formula is C21H24FN5O4. The van der Waals surface area contributed by atoms with Crippen molar-refractivity contribution in [3.63, 3.8) is 0 Å². The molecular weight excluding hydrogens is 405 g/mol. The fraction of sp³-hybridized carbons (Fsp3) is 0.429. The van der Waals surface area contributed by atoms with Crippen molar-refractivity contribution in [2.45, 2.75) is 32.0 Å². The van der Waals surface area contributed by atoms with Gasteiger partial charge in [-0.15, -0.1) is 0 Å². The first-order chi connectivity index (χ1) is 15.0. The monoisotopic (exact) mass is 429 g/mol. The minimum atomic E-state index is -0.570. The second-order valence-electron chi connectivity index (χ2n) is 7.52. The van der Waals surface area contributed by atoms with Gasteiger partial charge < -0.3 is 19.7 Å². The van der Waals surface area contributed by atoms with E-state index in [4.69, 9.17) is 9.47 Å². The highest BCUT2D eigenvalue weighted by molar-refractivity contribution is 5.89. The molecule has 2 aliphatic heterocycles. The Kier molecular flexibility index (Phi) is 6.15. The smallest absolute Gasteiger partial charge is 0.414 e. The first-order valence-electron chi connectivity index (χ1n) is 10.2. The van der Waals surface area contributed by atoms with Gasteiger partial charge in [0.05, 0.1) is 18.8 Å². The normalized spacial score (nSPS) is 19.3. The van der Waals surface area contributed by atoms with E-state index in [1.165, 1.54) is 24.0 Å². The molecule has 0 bridgehead atoms. The lowest BCUT2D eigenvalue weighted by molar-refractivity contribution is -0.119. The molecule has 2 saturated heterocycles. The number of hydrogen-bond acceptors (Lipinski definition) is 7. The molecule has 2 amide bonds.